The van der Waals surface area contributed by atoms with E-state index in [0.29, 0.717) is 0 Å². The molecular weight excluding hydrogens is 215 g/mol. The molecule has 0 saturated carbocycles. The molecule has 1 saturated heterocycles. The smallest absolute Gasteiger partial charge is 0.123 e. The zero-order valence-corrected chi connectivity index (χ0v) is 10.7. The number of benzene rings is 1. The fourth-order valence-electron chi connectivity index (χ4n) is 2.53. The first-order valence-electron chi connectivity index (χ1n) is 6.28. The van der Waals surface area contributed by atoms with Gasteiger partial charge in [-0.2, -0.15) is 0 Å². The molecule has 0 aromatic heterocycles. The van der Waals surface area contributed by atoms with E-state index >= 15 is 0 Å². The molecule has 0 unspecified atom stereocenters. The summed E-state index contributed by atoms with van der Waals surface area (Å²) in [7, 11) is 0. The SMILES string of the molecule is CC(C)(Cc1cccc(F)c1)N1CCNCC1. The molecule has 1 aromatic rings. The molecule has 0 atom stereocenters. The van der Waals surface area contributed by atoms with Gasteiger partial charge in [-0.05, 0) is 38.0 Å². The third-order valence-electron chi connectivity index (χ3n) is 3.50. The molecular formula is C14H21FN2. The van der Waals surface area contributed by atoms with Crippen molar-refractivity contribution in [2.24, 2.45) is 0 Å². The van der Waals surface area contributed by atoms with Crippen molar-refractivity contribution in [1.82, 2.24) is 10.2 Å². The molecule has 1 aliphatic rings. The predicted molar refractivity (Wildman–Crippen MR) is 68.6 cm³/mol. The minimum Gasteiger partial charge on any atom is -0.314 e. The highest BCUT2D eigenvalue weighted by atomic mass is 19.1. The molecule has 3 heteroatoms. The van der Waals surface area contributed by atoms with Crippen molar-refractivity contribution in [3.05, 3.63) is 35.6 Å². The maximum atomic E-state index is 13.2. The molecule has 1 N–H and O–H groups in total. The number of nitrogens with one attached hydrogen (secondary N) is 1. The molecule has 17 heavy (non-hydrogen) atoms. The van der Waals surface area contributed by atoms with Gasteiger partial charge >= 0.3 is 0 Å². The van der Waals surface area contributed by atoms with Gasteiger partial charge in [0.15, 0.2) is 0 Å². The quantitative estimate of drug-likeness (QED) is 0.864. The second-order valence-corrected chi connectivity index (χ2v) is 5.36. The van der Waals surface area contributed by atoms with Crippen LogP contribution in [0.1, 0.15) is 19.4 Å². The molecule has 1 heterocycles. The van der Waals surface area contributed by atoms with Crippen LogP contribution < -0.4 is 5.32 Å². The molecule has 1 aromatic carbocycles. The largest absolute Gasteiger partial charge is 0.314 e. The molecule has 0 aliphatic carbocycles. The number of nitrogens with zero attached hydrogens (tertiary/aromatic N) is 1. The van der Waals surface area contributed by atoms with E-state index in [0.717, 1.165) is 38.2 Å². The average Bonchev–Trinajstić information content (AvgIpc) is 2.29. The van der Waals surface area contributed by atoms with Crippen molar-refractivity contribution in [2.75, 3.05) is 26.2 Å². The van der Waals surface area contributed by atoms with E-state index < -0.39 is 0 Å². The molecule has 0 bridgehead atoms. The van der Waals surface area contributed by atoms with Gasteiger partial charge in [-0.25, -0.2) is 4.39 Å². The second-order valence-electron chi connectivity index (χ2n) is 5.36. The van der Waals surface area contributed by atoms with E-state index in [1.165, 1.54) is 6.07 Å². The summed E-state index contributed by atoms with van der Waals surface area (Å²) in [5.74, 6) is -0.140. The maximum absolute atomic E-state index is 13.2. The van der Waals surface area contributed by atoms with Crippen LogP contribution >= 0.6 is 0 Å². The number of hydrogen-bond donors (Lipinski definition) is 1. The van der Waals surface area contributed by atoms with Crippen LogP contribution in [0.5, 0.6) is 0 Å². The van der Waals surface area contributed by atoms with E-state index in [9.17, 15) is 4.39 Å². The standard InChI is InChI=1S/C14H21FN2/c1-14(2,17-8-6-16-7-9-17)11-12-4-3-5-13(15)10-12/h3-5,10,16H,6-9,11H2,1-2H3. The summed E-state index contributed by atoms with van der Waals surface area (Å²) in [6.45, 7) is 8.72. The Morgan fingerprint density at radius 1 is 1.29 bits per heavy atom. The Kier molecular flexibility index (Phi) is 3.79. The highest BCUT2D eigenvalue weighted by Gasteiger charge is 2.27. The fourth-order valence-corrected chi connectivity index (χ4v) is 2.53. The van der Waals surface area contributed by atoms with Gasteiger partial charge in [0, 0.05) is 31.7 Å². The zero-order valence-electron chi connectivity index (χ0n) is 10.7. The fraction of sp³-hybridized carbons (Fsp3) is 0.571. The summed E-state index contributed by atoms with van der Waals surface area (Å²) >= 11 is 0. The van der Waals surface area contributed by atoms with Crippen LogP contribution in [0.4, 0.5) is 4.39 Å². The lowest BCUT2D eigenvalue weighted by atomic mass is 9.92. The minimum atomic E-state index is -0.140. The third kappa shape index (κ3) is 3.27. The Hall–Kier alpha value is -0.930. The average molecular weight is 236 g/mol. The molecule has 1 fully saturated rings. The lowest BCUT2D eigenvalue weighted by molar-refractivity contribution is 0.103. The number of halogens is 1. The minimum absolute atomic E-state index is 0.0931. The number of piperazine rings is 1. The van der Waals surface area contributed by atoms with Crippen LogP contribution in [0.15, 0.2) is 24.3 Å². The lowest BCUT2D eigenvalue weighted by Gasteiger charge is -2.41. The first-order chi connectivity index (χ1) is 8.08. The summed E-state index contributed by atoms with van der Waals surface area (Å²) in [5, 5.41) is 3.36. The number of hydrogen-bond acceptors (Lipinski definition) is 2. The van der Waals surface area contributed by atoms with E-state index in [1.807, 2.05) is 6.07 Å². The van der Waals surface area contributed by atoms with Gasteiger partial charge in [-0.15, -0.1) is 0 Å². The Balaban J connectivity index is 2.05. The van der Waals surface area contributed by atoms with Crippen LogP contribution in [-0.2, 0) is 6.42 Å². The van der Waals surface area contributed by atoms with E-state index in [1.54, 1.807) is 12.1 Å². The molecule has 0 radical (unpaired) electrons. The summed E-state index contributed by atoms with van der Waals surface area (Å²) in [5.41, 5.74) is 1.17. The van der Waals surface area contributed by atoms with E-state index in [4.69, 9.17) is 0 Å². The van der Waals surface area contributed by atoms with Gasteiger partial charge in [-0.3, -0.25) is 4.90 Å². The summed E-state index contributed by atoms with van der Waals surface area (Å²) in [6.07, 6.45) is 0.894. The van der Waals surface area contributed by atoms with Gasteiger partial charge < -0.3 is 5.32 Å². The summed E-state index contributed by atoms with van der Waals surface area (Å²) in [4.78, 5) is 2.48. The number of rotatable bonds is 3. The molecule has 0 spiro atoms. The van der Waals surface area contributed by atoms with E-state index in [2.05, 4.69) is 24.1 Å². The first-order valence-corrected chi connectivity index (χ1v) is 6.28. The summed E-state index contributed by atoms with van der Waals surface area (Å²) in [6, 6.07) is 6.94. The third-order valence-corrected chi connectivity index (χ3v) is 3.50. The molecule has 94 valence electrons. The Morgan fingerprint density at radius 3 is 2.65 bits per heavy atom. The molecule has 1 aliphatic heterocycles. The van der Waals surface area contributed by atoms with Crippen molar-refractivity contribution < 1.29 is 4.39 Å². The predicted octanol–water partition coefficient (Wildman–Crippen LogP) is 2.05. The Bertz CT molecular complexity index is 370. The monoisotopic (exact) mass is 236 g/mol. The van der Waals surface area contributed by atoms with Crippen LogP contribution in [0.3, 0.4) is 0 Å². The highest BCUT2D eigenvalue weighted by Crippen LogP contribution is 2.21. The maximum Gasteiger partial charge on any atom is 0.123 e. The van der Waals surface area contributed by atoms with Crippen LogP contribution in [0, 0.1) is 5.82 Å². The zero-order chi connectivity index (χ0) is 12.3. The van der Waals surface area contributed by atoms with Gasteiger partial charge in [0.25, 0.3) is 0 Å². The van der Waals surface area contributed by atoms with Gasteiger partial charge in [0.05, 0.1) is 0 Å². The van der Waals surface area contributed by atoms with Gasteiger partial charge in [0.1, 0.15) is 5.82 Å². The van der Waals surface area contributed by atoms with Crippen molar-refractivity contribution in [3.63, 3.8) is 0 Å². The van der Waals surface area contributed by atoms with Crippen LogP contribution in [-0.4, -0.2) is 36.6 Å². The highest BCUT2D eigenvalue weighted by molar-refractivity contribution is 5.18. The summed E-state index contributed by atoms with van der Waals surface area (Å²) < 4.78 is 13.2. The molecule has 2 nitrogen and oxygen atoms in total. The molecule has 2 rings (SSSR count). The van der Waals surface area contributed by atoms with Crippen molar-refractivity contribution in [1.29, 1.82) is 0 Å². The topological polar surface area (TPSA) is 15.3 Å². The Labute approximate surface area is 103 Å². The lowest BCUT2D eigenvalue weighted by Crippen LogP contribution is -2.54. The van der Waals surface area contributed by atoms with Gasteiger partial charge in [-0.1, -0.05) is 12.1 Å². The Morgan fingerprint density at radius 2 is 2.00 bits per heavy atom. The molecule has 0 amide bonds. The van der Waals surface area contributed by atoms with Gasteiger partial charge in [0.2, 0.25) is 0 Å². The van der Waals surface area contributed by atoms with Crippen molar-refractivity contribution in [2.45, 2.75) is 25.8 Å². The first kappa shape index (κ1) is 12.5. The van der Waals surface area contributed by atoms with Crippen molar-refractivity contribution >= 4 is 0 Å². The van der Waals surface area contributed by atoms with E-state index in [-0.39, 0.29) is 11.4 Å². The second kappa shape index (κ2) is 5.15. The van der Waals surface area contributed by atoms with Crippen LogP contribution in [0.25, 0.3) is 0 Å². The normalized spacial score (nSPS) is 18.3. The van der Waals surface area contributed by atoms with Crippen molar-refractivity contribution in [3.8, 4) is 0 Å². The van der Waals surface area contributed by atoms with Crippen LogP contribution in [0.2, 0.25) is 0 Å².